The van der Waals surface area contributed by atoms with Gasteiger partial charge in [-0.15, -0.1) is 0 Å². The van der Waals surface area contributed by atoms with E-state index in [4.69, 9.17) is 32.7 Å². The summed E-state index contributed by atoms with van der Waals surface area (Å²) < 4.78 is 28.8. The zero-order valence-corrected chi connectivity index (χ0v) is 36.2. The number of fused-ring (bicyclic) bond motifs is 1. The van der Waals surface area contributed by atoms with Crippen molar-refractivity contribution in [3.63, 3.8) is 0 Å². The SMILES string of the molecule is COc1nc(-c2cccc(-c3cccc(-c4ccn5c(=O)c(CNCC(O)CC(=O)N(C)C)cnc5c4)c3Cl)c2Cl)cc(F)c1CN(C[C@@H]1CCC(=O)N1)C(=O)OC(C)(C)C. The highest BCUT2D eigenvalue weighted by molar-refractivity contribution is 6.39. The third-order valence-corrected chi connectivity index (χ3v) is 10.8. The molecule has 2 aromatic carbocycles. The Labute approximate surface area is 362 Å². The molecule has 1 aliphatic rings. The van der Waals surface area contributed by atoms with E-state index in [0.717, 1.165) is 0 Å². The zero-order valence-electron chi connectivity index (χ0n) is 34.7. The van der Waals surface area contributed by atoms with Gasteiger partial charge in [0.25, 0.3) is 5.56 Å². The van der Waals surface area contributed by atoms with Crippen molar-refractivity contribution in [1.82, 2.24) is 34.8 Å². The van der Waals surface area contributed by atoms with Crippen LogP contribution >= 0.6 is 23.2 Å². The molecule has 2 atom stereocenters. The molecule has 4 heterocycles. The molecule has 14 nitrogen and oxygen atoms in total. The Morgan fingerprint density at radius 1 is 1.05 bits per heavy atom. The average Bonchev–Trinajstić information content (AvgIpc) is 3.62. The number of benzene rings is 2. The fourth-order valence-electron chi connectivity index (χ4n) is 6.90. The molecular weight excluding hydrogens is 828 g/mol. The number of nitrogens with zero attached hydrogens (tertiary/aromatic N) is 5. The van der Waals surface area contributed by atoms with E-state index in [-0.39, 0.29) is 78.2 Å². The Morgan fingerprint density at radius 2 is 1.72 bits per heavy atom. The van der Waals surface area contributed by atoms with E-state index in [1.165, 1.54) is 33.6 Å². The van der Waals surface area contributed by atoms with Crippen LogP contribution in [0.3, 0.4) is 0 Å². The molecule has 1 unspecified atom stereocenters. The molecular formula is C44H48Cl2FN7O7. The third kappa shape index (κ3) is 10.7. The highest BCUT2D eigenvalue weighted by Crippen LogP contribution is 2.43. The van der Waals surface area contributed by atoms with Gasteiger partial charge < -0.3 is 35.0 Å². The Kier molecular flexibility index (Phi) is 14.0. The highest BCUT2D eigenvalue weighted by atomic mass is 35.5. The van der Waals surface area contributed by atoms with Gasteiger partial charge in [0.1, 0.15) is 17.1 Å². The molecule has 1 aliphatic heterocycles. The molecule has 0 bridgehead atoms. The third-order valence-electron chi connectivity index (χ3n) is 10.0. The lowest BCUT2D eigenvalue weighted by Crippen LogP contribution is -2.44. The summed E-state index contributed by atoms with van der Waals surface area (Å²) in [5.41, 5.74) is 2.73. The maximum absolute atomic E-state index is 16.2. The lowest BCUT2D eigenvalue weighted by atomic mass is 9.97. The number of amides is 3. The molecule has 5 aromatic rings. The monoisotopic (exact) mass is 875 g/mol. The first kappa shape index (κ1) is 44.9. The predicted octanol–water partition coefficient (Wildman–Crippen LogP) is 6.49. The fourth-order valence-corrected chi connectivity index (χ4v) is 7.56. The molecule has 3 N–H and O–H groups in total. The van der Waals surface area contributed by atoms with Gasteiger partial charge in [-0.2, -0.15) is 0 Å². The number of nitrogens with one attached hydrogen (secondary N) is 2. The molecule has 0 aliphatic carbocycles. The van der Waals surface area contributed by atoms with Crippen molar-refractivity contribution in [2.45, 2.75) is 70.9 Å². The van der Waals surface area contributed by atoms with Gasteiger partial charge in [0.15, 0.2) is 0 Å². The van der Waals surface area contributed by atoms with Crippen LogP contribution in [0.1, 0.15) is 51.2 Å². The van der Waals surface area contributed by atoms with Gasteiger partial charge >= 0.3 is 6.09 Å². The molecule has 3 aromatic heterocycles. The lowest BCUT2D eigenvalue weighted by molar-refractivity contribution is -0.130. The van der Waals surface area contributed by atoms with Crippen molar-refractivity contribution in [2.24, 2.45) is 0 Å². The van der Waals surface area contributed by atoms with Gasteiger partial charge in [-0.05, 0) is 44.9 Å². The molecule has 322 valence electrons. The summed E-state index contributed by atoms with van der Waals surface area (Å²) >= 11 is 14.2. The number of ether oxygens (including phenoxy) is 2. The summed E-state index contributed by atoms with van der Waals surface area (Å²) in [6.45, 7) is 5.33. The number of aliphatic hydroxyl groups excluding tert-OH is 1. The second kappa shape index (κ2) is 19.0. The molecule has 61 heavy (non-hydrogen) atoms. The molecule has 3 amide bonds. The van der Waals surface area contributed by atoms with Crippen molar-refractivity contribution >= 4 is 46.8 Å². The van der Waals surface area contributed by atoms with Crippen molar-refractivity contribution in [1.29, 1.82) is 0 Å². The molecule has 0 saturated carbocycles. The molecule has 0 spiro atoms. The molecule has 1 saturated heterocycles. The van der Waals surface area contributed by atoms with Gasteiger partial charge in [0.2, 0.25) is 17.7 Å². The van der Waals surface area contributed by atoms with E-state index in [1.807, 2.05) is 18.2 Å². The zero-order chi connectivity index (χ0) is 44.2. The number of hydrogen-bond acceptors (Lipinski definition) is 10. The number of carbonyl (C=O) groups excluding carboxylic acids is 3. The minimum atomic E-state index is -0.906. The number of halogens is 3. The minimum Gasteiger partial charge on any atom is -0.481 e. The van der Waals surface area contributed by atoms with E-state index in [9.17, 15) is 24.3 Å². The molecule has 6 rings (SSSR count). The van der Waals surface area contributed by atoms with Crippen molar-refractivity contribution in [2.75, 3.05) is 34.3 Å². The molecule has 17 heteroatoms. The number of aliphatic hydroxyl groups is 1. The largest absolute Gasteiger partial charge is 0.481 e. The summed E-state index contributed by atoms with van der Waals surface area (Å²) in [7, 11) is 4.59. The Morgan fingerprint density at radius 3 is 2.36 bits per heavy atom. The van der Waals surface area contributed by atoms with Crippen LogP contribution in [0.25, 0.3) is 39.2 Å². The summed E-state index contributed by atoms with van der Waals surface area (Å²) in [5.74, 6) is -1.06. The smallest absolute Gasteiger partial charge is 0.410 e. The lowest BCUT2D eigenvalue weighted by Gasteiger charge is -2.29. The van der Waals surface area contributed by atoms with Crippen LogP contribution in [0.5, 0.6) is 5.88 Å². The Bertz CT molecular complexity index is 2530. The Balaban J connectivity index is 1.25. The second-order valence-electron chi connectivity index (χ2n) is 16.0. The number of methoxy groups -OCH3 is 1. The molecule has 1 fully saturated rings. The van der Waals surface area contributed by atoms with Gasteiger partial charge in [-0.25, -0.2) is 19.2 Å². The van der Waals surface area contributed by atoms with E-state index in [0.29, 0.717) is 56.9 Å². The summed E-state index contributed by atoms with van der Waals surface area (Å²) in [5, 5.41) is 16.7. The van der Waals surface area contributed by atoms with Crippen molar-refractivity contribution < 1.29 is 33.4 Å². The van der Waals surface area contributed by atoms with Gasteiger partial charge in [-0.3, -0.25) is 18.8 Å². The summed E-state index contributed by atoms with van der Waals surface area (Å²) in [4.78, 5) is 62.3. The topological polar surface area (TPSA) is 168 Å². The van der Waals surface area contributed by atoms with Gasteiger partial charge in [-0.1, -0.05) is 59.6 Å². The number of aromatic nitrogens is 3. The minimum absolute atomic E-state index is 0.0224. The van der Waals surface area contributed by atoms with Crippen molar-refractivity contribution in [3.8, 4) is 39.4 Å². The van der Waals surface area contributed by atoms with Crippen LogP contribution in [0.4, 0.5) is 9.18 Å². The van der Waals surface area contributed by atoms with Crippen LogP contribution in [0.15, 0.2) is 71.8 Å². The summed E-state index contributed by atoms with van der Waals surface area (Å²) in [6.07, 6.45) is 2.32. The van der Waals surface area contributed by atoms with E-state index in [2.05, 4.69) is 20.6 Å². The number of pyridine rings is 2. The standard InChI is InChI=1S/C44H48Cl2FN7O7/c1-44(2,3)61-43(59)53(23-27-13-14-37(56)50-27)24-33-34(47)19-35(51-41(33)60-6)32-12-8-11-31(40(32)46)30-10-7-9-29(39(30)45)25-15-16-54-36(17-25)49-21-26(42(54)58)20-48-22-28(55)18-38(57)52(4)5/h7-12,15-17,19,21,27-28,48,55H,13-14,18,20,22-24H2,1-6H3,(H,50,56)/t27-,28?/m0/s1. The highest BCUT2D eigenvalue weighted by Gasteiger charge is 2.31. The Hall–Kier alpha value is -5.61. The van der Waals surface area contributed by atoms with Gasteiger partial charge in [0.05, 0.1) is 47.5 Å². The van der Waals surface area contributed by atoms with E-state index >= 15 is 4.39 Å². The van der Waals surface area contributed by atoms with E-state index < -0.39 is 23.6 Å². The first-order valence-corrected chi connectivity index (χ1v) is 20.4. The van der Waals surface area contributed by atoms with Crippen molar-refractivity contribution in [3.05, 3.63) is 104 Å². The quantitative estimate of drug-likeness (QED) is 0.112. The normalized spacial score (nSPS) is 14.5. The second-order valence-corrected chi connectivity index (χ2v) is 16.7. The average molecular weight is 877 g/mol. The molecule has 0 radical (unpaired) electrons. The fraction of sp³-hybridized carbons (Fsp3) is 0.364. The first-order valence-electron chi connectivity index (χ1n) is 19.6. The van der Waals surface area contributed by atoms with E-state index in [1.54, 1.807) is 71.4 Å². The summed E-state index contributed by atoms with van der Waals surface area (Å²) in [6, 6.07) is 15.1. The maximum Gasteiger partial charge on any atom is 0.410 e. The van der Waals surface area contributed by atoms with Crippen LogP contribution in [0, 0.1) is 5.82 Å². The predicted molar refractivity (Wildman–Crippen MR) is 231 cm³/mol. The number of carbonyl (C=O) groups is 3. The van der Waals surface area contributed by atoms with Crippen LogP contribution in [0.2, 0.25) is 10.0 Å². The first-order chi connectivity index (χ1) is 28.9. The number of hydrogen-bond donors (Lipinski definition) is 3. The number of rotatable bonds is 14. The maximum atomic E-state index is 16.2. The van der Waals surface area contributed by atoms with Crippen LogP contribution in [-0.2, 0) is 27.4 Å². The van der Waals surface area contributed by atoms with Crippen LogP contribution < -0.4 is 20.9 Å². The van der Waals surface area contributed by atoms with Crippen LogP contribution in [-0.4, -0.2) is 99.2 Å². The van der Waals surface area contributed by atoms with Gasteiger partial charge in [0, 0.05) is 92.5 Å².